The first-order chi connectivity index (χ1) is 8.91. The minimum atomic E-state index is 0.328. The second kappa shape index (κ2) is 5.63. The van der Waals surface area contributed by atoms with E-state index in [4.69, 9.17) is 11.6 Å². The second-order valence-corrected chi connectivity index (χ2v) is 6.18. The number of hydrogen-bond acceptors (Lipinski definition) is 4. The molecule has 2 atom stereocenters. The number of aromatic nitrogens is 2. The van der Waals surface area contributed by atoms with Crippen molar-refractivity contribution in [2.45, 2.75) is 45.7 Å². The highest BCUT2D eigenvalue weighted by molar-refractivity contribution is 6.30. The Balaban J connectivity index is 2.35. The first kappa shape index (κ1) is 14.5. The van der Waals surface area contributed by atoms with Crippen LogP contribution < -0.4 is 4.90 Å². The van der Waals surface area contributed by atoms with Crippen molar-refractivity contribution in [1.82, 2.24) is 14.9 Å². The lowest BCUT2D eigenvalue weighted by Gasteiger charge is -2.43. The molecule has 2 rings (SSSR count). The highest BCUT2D eigenvalue weighted by Crippen LogP contribution is 2.32. The number of hydrogen-bond donors (Lipinski definition) is 0. The van der Waals surface area contributed by atoms with Crippen LogP contribution in [0.4, 0.5) is 5.82 Å². The highest BCUT2D eigenvalue weighted by atomic mass is 35.5. The Bertz CT molecular complexity index is 437. The molecule has 2 heterocycles. The van der Waals surface area contributed by atoms with E-state index in [0.717, 1.165) is 24.5 Å². The van der Waals surface area contributed by atoms with E-state index >= 15 is 0 Å². The topological polar surface area (TPSA) is 32.3 Å². The summed E-state index contributed by atoms with van der Waals surface area (Å²) in [7, 11) is 2.18. The van der Waals surface area contributed by atoms with E-state index in [0.29, 0.717) is 23.2 Å². The SMILES string of the molecule is CC(C)c1c(Cl)ncnc1N1CC(C)N(C)C(C)C1. The standard InChI is InChI=1S/C14H23ClN4/c1-9(2)12-13(15)16-8-17-14(12)19-6-10(3)18(5)11(4)7-19/h8-11H,6-7H2,1-5H3. The maximum absolute atomic E-state index is 6.26. The van der Waals surface area contributed by atoms with Gasteiger partial charge in [-0.3, -0.25) is 4.90 Å². The predicted molar refractivity (Wildman–Crippen MR) is 80.0 cm³/mol. The third-order valence-electron chi connectivity index (χ3n) is 4.05. The largest absolute Gasteiger partial charge is 0.353 e. The molecule has 19 heavy (non-hydrogen) atoms. The highest BCUT2D eigenvalue weighted by Gasteiger charge is 2.29. The van der Waals surface area contributed by atoms with E-state index < -0.39 is 0 Å². The van der Waals surface area contributed by atoms with Gasteiger partial charge < -0.3 is 4.90 Å². The average Bonchev–Trinajstić information content (AvgIpc) is 2.34. The van der Waals surface area contributed by atoms with Gasteiger partial charge in [-0.25, -0.2) is 9.97 Å². The molecule has 1 aromatic rings. The lowest BCUT2D eigenvalue weighted by atomic mass is 10.0. The summed E-state index contributed by atoms with van der Waals surface area (Å²) in [4.78, 5) is 13.4. The number of halogens is 1. The van der Waals surface area contributed by atoms with Crippen LogP contribution in [0.5, 0.6) is 0 Å². The van der Waals surface area contributed by atoms with Gasteiger partial charge in [-0.1, -0.05) is 25.4 Å². The molecule has 0 N–H and O–H groups in total. The van der Waals surface area contributed by atoms with Crippen LogP contribution in [0.15, 0.2) is 6.33 Å². The molecule has 106 valence electrons. The first-order valence-corrected chi connectivity index (χ1v) is 7.26. The summed E-state index contributed by atoms with van der Waals surface area (Å²) in [5, 5.41) is 0.583. The summed E-state index contributed by atoms with van der Waals surface area (Å²) in [6.45, 7) is 10.7. The molecule has 0 bridgehead atoms. The molecular formula is C14H23ClN4. The van der Waals surface area contributed by atoms with Crippen molar-refractivity contribution in [3.63, 3.8) is 0 Å². The van der Waals surface area contributed by atoms with Gasteiger partial charge >= 0.3 is 0 Å². The van der Waals surface area contributed by atoms with Crippen LogP contribution in [0.25, 0.3) is 0 Å². The summed E-state index contributed by atoms with van der Waals surface area (Å²) in [5.41, 5.74) is 1.06. The van der Waals surface area contributed by atoms with Crippen LogP contribution in [0, 0.1) is 0 Å². The normalized spacial score (nSPS) is 25.1. The molecule has 2 unspecified atom stereocenters. The molecule has 4 nitrogen and oxygen atoms in total. The van der Waals surface area contributed by atoms with Gasteiger partial charge in [0.05, 0.1) is 0 Å². The molecule has 0 saturated carbocycles. The lowest BCUT2D eigenvalue weighted by Crippen LogP contribution is -2.55. The van der Waals surface area contributed by atoms with E-state index in [1.165, 1.54) is 0 Å². The van der Waals surface area contributed by atoms with Gasteiger partial charge in [0, 0.05) is 30.7 Å². The van der Waals surface area contributed by atoms with Crippen LogP contribution in [-0.4, -0.2) is 47.1 Å². The van der Waals surface area contributed by atoms with Crippen LogP contribution >= 0.6 is 11.6 Å². The van der Waals surface area contributed by atoms with Gasteiger partial charge in [0.25, 0.3) is 0 Å². The molecule has 1 aromatic heterocycles. The molecule has 0 aromatic carbocycles. The fourth-order valence-electron chi connectivity index (χ4n) is 2.69. The molecule has 5 heteroatoms. The second-order valence-electron chi connectivity index (χ2n) is 5.82. The van der Waals surface area contributed by atoms with E-state index in [-0.39, 0.29) is 0 Å². The summed E-state index contributed by atoms with van der Waals surface area (Å²) in [5.74, 6) is 1.33. The van der Waals surface area contributed by atoms with Crippen molar-refractivity contribution in [2.75, 3.05) is 25.0 Å². The van der Waals surface area contributed by atoms with Crippen molar-refractivity contribution < 1.29 is 0 Å². The Labute approximate surface area is 120 Å². The zero-order valence-corrected chi connectivity index (χ0v) is 13.1. The van der Waals surface area contributed by atoms with Gasteiger partial charge in [-0.15, -0.1) is 0 Å². The molecular weight excluding hydrogens is 260 g/mol. The molecule has 0 amide bonds. The zero-order chi connectivity index (χ0) is 14.2. The van der Waals surface area contributed by atoms with E-state index in [1.54, 1.807) is 6.33 Å². The Morgan fingerprint density at radius 1 is 1.21 bits per heavy atom. The fourth-order valence-corrected chi connectivity index (χ4v) is 3.04. The molecule has 0 radical (unpaired) electrons. The number of piperazine rings is 1. The van der Waals surface area contributed by atoms with Crippen molar-refractivity contribution >= 4 is 17.4 Å². The maximum Gasteiger partial charge on any atom is 0.138 e. The van der Waals surface area contributed by atoms with Gasteiger partial charge in [-0.2, -0.15) is 0 Å². The Hall–Kier alpha value is -0.870. The smallest absolute Gasteiger partial charge is 0.138 e. The lowest BCUT2D eigenvalue weighted by molar-refractivity contribution is 0.169. The Kier molecular flexibility index (Phi) is 4.31. The van der Waals surface area contributed by atoms with Gasteiger partial charge in [0.2, 0.25) is 0 Å². The van der Waals surface area contributed by atoms with Crippen molar-refractivity contribution in [1.29, 1.82) is 0 Å². The van der Waals surface area contributed by atoms with Crippen LogP contribution in [0.2, 0.25) is 5.15 Å². The van der Waals surface area contributed by atoms with Crippen LogP contribution in [-0.2, 0) is 0 Å². The monoisotopic (exact) mass is 282 g/mol. The predicted octanol–water partition coefficient (Wildman–Crippen LogP) is 2.78. The van der Waals surface area contributed by atoms with E-state index in [2.05, 4.69) is 54.5 Å². The zero-order valence-electron chi connectivity index (χ0n) is 12.4. The minimum Gasteiger partial charge on any atom is -0.353 e. The van der Waals surface area contributed by atoms with Gasteiger partial charge in [0.15, 0.2) is 0 Å². The molecule has 1 aliphatic heterocycles. The number of likely N-dealkylation sites (N-methyl/N-ethyl adjacent to an activating group) is 1. The maximum atomic E-state index is 6.26. The average molecular weight is 283 g/mol. The first-order valence-electron chi connectivity index (χ1n) is 6.89. The summed E-state index contributed by atoms with van der Waals surface area (Å²) in [6.07, 6.45) is 1.57. The molecule has 0 spiro atoms. The van der Waals surface area contributed by atoms with Gasteiger partial charge in [0.1, 0.15) is 17.3 Å². The molecule has 1 fully saturated rings. The molecule has 1 saturated heterocycles. The summed E-state index contributed by atoms with van der Waals surface area (Å²) in [6, 6.07) is 1.02. The third-order valence-corrected chi connectivity index (χ3v) is 4.35. The van der Waals surface area contributed by atoms with Gasteiger partial charge in [-0.05, 0) is 26.8 Å². The number of nitrogens with zero attached hydrogens (tertiary/aromatic N) is 4. The fraction of sp³-hybridized carbons (Fsp3) is 0.714. The number of rotatable bonds is 2. The molecule has 0 aliphatic carbocycles. The summed E-state index contributed by atoms with van der Waals surface area (Å²) >= 11 is 6.26. The van der Waals surface area contributed by atoms with Crippen LogP contribution in [0.3, 0.4) is 0 Å². The molecule has 1 aliphatic rings. The number of anilines is 1. The van der Waals surface area contributed by atoms with E-state index in [1.807, 2.05) is 0 Å². The van der Waals surface area contributed by atoms with Crippen molar-refractivity contribution in [2.24, 2.45) is 0 Å². The Morgan fingerprint density at radius 3 is 2.32 bits per heavy atom. The van der Waals surface area contributed by atoms with Crippen molar-refractivity contribution in [3.8, 4) is 0 Å². The quantitative estimate of drug-likeness (QED) is 0.781. The minimum absolute atomic E-state index is 0.328. The van der Waals surface area contributed by atoms with Crippen molar-refractivity contribution in [3.05, 3.63) is 17.0 Å². The summed E-state index contributed by atoms with van der Waals surface area (Å²) < 4.78 is 0. The van der Waals surface area contributed by atoms with E-state index in [9.17, 15) is 0 Å². The third kappa shape index (κ3) is 2.84. The van der Waals surface area contributed by atoms with Crippen LogP contribution in [0.1, 0.15) is 39.2 Å². The Morgan fingerprint density at radius 2 is 1.79 bits per heavy atom.